The molecule has 1 N–H and O–H groups in total. The second-order valence-electron chi connectivity index (χ2n) is 7.08. The maximum absolute atomic E-state index is 12.6. The summed E-state index contributed by atoms with van der Waals surface area (Å²) in [5, 5.41) is 10.9. The number of nitrogens with one attached hydrogen (secondary N) is 1. The van der Waals surface area contributed by atoms with Crippen LogP contribution in [0.4, 0.5) is 0 Å². The van der Waals surface area contributed by atoms with Gasteiger partial charge in [-0.2, -0.15) is 0 Å². The number of aromatic nitrogens is 3. The van der Waals surface area contributed by atoms with Crippen LogP contribution in [0.25, 0.3) is 5.65 Å². The number of carbonyl (C=O) groups is 2. The van der Waals surface area contributed by atoms with Crippen LogP contribution in [0.1, 0.15) is 42.5 Å². The van der Waals surface area contributed by atoms with Gasteiger partial charge in [0, 0.05) is 31.4 Å². The lowest BCUT2D eigenvalue weighted by molar-refractivity contribution is -0.136. The van der Waals surface area contributed by atoms with E-state index >= 15 is 0 Å². The lowest BCUT2D eigenvalue weighted by Gasteiger charge is -2.39. The number of methoxy groups -OCH3 is 1. The summed E-state index contributed by atoms with van der Waals surface area (Å²) in [6.45, 7) is 0.459. The predicted octanol–water partition coefficient (Wildman–Crippen LogP) is 1.02. The molecule has 138 valence electrons. The van der Waals surface area contributed by atoms with Crippen LogP contribution in [0.3, 0.4) is 0 Å². The molecule has 2 aliphatic rings. The summed E-state index contributed by atoms with van der Waals surface area (Å²) in [5.74, 6) is 0.0753. The van der Waals surface area contributed by atoms with Gasteiger partial charge >= 0.3 is 0 Å². The van der Waals surface area contributed by atoms with Gasteiger partial charge < -0.3 is 15.0 Å². The number of nitrogens with zero attached hydrogens (tertiary/aromatic N) is 4. The Morgan fingerprint density at radius 3 is 2.77 bits per heavy atom. The first kappa shape index (κ1) is 17.0. The van der Waals surface area contributed by atoms with Gasteiger partial charge in [0.1, 0.15) is 6.33 Å². The van der Waals surface area contributed by atoms with Crippen molar-refractivity contribution in [2.45, 2.75) is 50.2 Å². The molecule has 4 heterocycles. The summed E-state index contributed by atoms with van der Waals surface area (Å²) in [4.78, 5) is 27.1. The molecule has 0 radical (unpaired) electrons. The van der Waals surface area contributed by atoms with Crippen molar-refractivity contribution in [3.8, 4) is 0 Å². The molecule has 2 atom stereocenters. The minimum Gasteiger partial charge on any atom is -0.384 e. The van der Waals surface area contributed by atoms with E-state index in [1.54, 1.807) is 36.2 Å². The van der Waals surface area contributed by atoms with Crippen LogP contribution in [0.5, 0.6) is 0 Å². The molecule has 26 heavy (non-hydrogen) atoms. The average Bonchev–Trinajstić information content (AvgIpc) is 3.21. The third-order valence-corrected chi connectivity index (χ3v) is 5.43. The Kier molecular flexibility index (Phi) is 4.58. The molecule has 2 amide bonds. The molecule has 2 unspecified atom stereocenters. The van der Waals surface area contributed by atoms with Crippen LogP contribution < -0.4 is 5.32 Å². The highest BCUT2D eigenvalue weighted by Gasteiger charge is 2.43. The monoisotopic (exact) mass is 357 g/mol. The van der Waals surface area contributed by atoms with E-state index in [0.717, 1.165) is 25.7 Å². The van der Waals surface area contributed by atoms with Crippen molar-refractivity contribution < 1.29 is 14.3 Å². The number of hydrogen-bond acceptors (Lipinski definition) is 5. The number of fused-ring (bicyclic) bond motifs is 3. The van der Waals surface area contributed by atoms with Crippen molar-refractivity contribution >= 4 is 17.5 Å². The Hall–Kier alpha value is -2.48. The third-order valence-electron chi connectivity index (χ3n) is 5.43. The third kappa shape index (κ3) is 3.16. The molecule has 8 heteroatoms. The average molecular weight is 357 g/mol. The maximum atomic E-state index is 12.6. The Morgan fingerprint density at radius 2 is 2.04 bits per heavy atom. The molecule has 8 nitrogen and oxygen atoms in total. The summed E-state index contributed by atoms with van der Waals surface area (Å²) in [6, 6.07) is 4.09. The number of ether oxygens (including phenoxy) is 1. The molecule has 2 aliphatic heterocycles. The zero-order valence-corrected chi connectivity index (χ0v) is 14.8. The van der Waals surface area contributed by atoms with Gasteiger partial charge in [0.2, 0.25) is 5.91 Å². The molecule has 0 aliphatic carbocycles. The van der Waals surface area contributed by atoms with Gasteiger partial charge in [-0.15, -0.1) is 10.2 Å². The lowest BCUT2D eigenvalue weighted by Crippen LogP contribution is -2.52. The molecular formula is C18H23N5O3. The fourth-order valence-corrected chi connectivity index (χ4v) is 4.25. The van der Waals surface area contributed by atoms with Crippen molar-refractivity contribution in [2.75, 3.05) is 13.7 Å². The second kappa shape index (κ2) is 7.03. The van der Waals surface area contributed by atoms with E-state index in [2.05, 4.69) is 15.5 Å². The summed E-state index contributed by atoms with van der Waals surface area (Å²) in [7, 11) is 1.61. The number of carbonyl (C=O) groups excluding carboxylic acids is 2. The highest BCUT2D eigenvalue weighted by molar-refractivity contribution is 5.94. The van der Waals surface area contributed by atoms with Crippen molar-refractivity contribution in [2.24, 2.45) is 0 Å². The van der Waals surface area contributed by atoms with Gasteiger partial charge in [-0.1, -0.05) is 0 Å². The number of hydrogen-bond donors (Lipinski definition) is 1. The predicted molar refractivity (Wildman–Crippen MR) is 93.6 cm³/mol. The van der Waals surface area contributed by atoms with E-state index in [1.807, 2.05) is 4.90 Å². The fraction of sp³-hybridized carbons (Fsp3) is 0.556. The molecule has 2 aromatic rings. The zero-order valence-electron chi connectivity index (χ0n) is 14.8. The van der Waals surface area contributed by atoms with Crippen LogP contribution in [0, 0.1) is 0 Å². The van der Waals surface area contributed by atoms with Gasteiger partial charge in [0.25, 0.3) is 5.91 Å². The maximum Gasteiger partial charge on any atom is 0.253 e. The first-order valence-electron chi connectivity index (χ1n) is 9.06. The summed E-state index contributed by atoms with van der Waals surface area (Å²) in [6.07, 6.45) is 7.41. The SMILES string of the molecule is COCCC(=O)N1C2CCC1CC(NC(=O)c1ccc3nncn3c1)C2. The van der Waals surface area contributed by atoms with E-state index in [-0.39, 0.29) is 29.9 Å². The normalized spacial score (nSPS) is 24.8. The molecule has 0 saturated carbocycles. The minimum atomic E-state index is -0.0934. The quantitative estimate of drug-likeness (QED) is 0.863. The number of piperidine rings is 1. The van der Waals surface area contributed by atoms with Gasteiger partial charge in [0.05, 0.1) is 18.6 Å². The smallest absolute Gasteiger partial charge is 0.253 e. The van der Waals surface area contributed by atoms with Gasteiger partial charge in [-0.05, 0) is 37.8 Å². The van der Waals surface area contributed by atoms with Crippen LogP contribution in [0.15, 0.2) is 24.7 Å². The Balaban J connectivity index is 1.39. The topological polar surface area (TPSA) is 88.8 Å². The molecular weight excluding hydrogens is 334 g/mol. The summed E-state index contributed by atoms with van der Waals surface area (Å²) < 4.78 is 6.76. The molecule has 2 saturated heterocycles. The number of pyridine rings is 1. The molecule has 4 rings (SSSR count). The molecule has 2 bridgehead atoms. The van der Waals surface area contributed by atoms with Crippen molar-refractivity contribution in [3.05, 3.63) is 30.2 Å². The van der Waals surface area contributed by atoms with E-state index < -0.39 is 0 Å². The highest BCUT2D eigenvalue weighted by Crippen LogP contribution is 2.36. The van der Waals surface area contributed by atoms with Gasteiger partial charge in [0.15, 0.2) is 5.65 Å². The number of amides is 2. The van der Waals surface area contributed by atoms with Gasteiger partial charge in [-0.3, -0.25) is 14.0 Å². The minimum absolute atomic E-state index is 0.0934. The van der Waals surface area contributed by atoms with Crippen molar-refractivity contribution in [1.29, 1.82) is 0 Å². The Morgan fingerprint density at radius 1 is 1.27 bits per heavy atom. The van der Waals surface area contributed by atoms with Gasteiger partial charge in [-0.25, -0.2) is 0 Å². The first-order valence-corrected chi connectivity index (χ1v) is 9.06. The standard InChI is InChI=1S/C18H23N5O3/c1-26-7-6-17(24)23-14-3-4-15(23)9-13(8-14)20-18(25)12-2-5-16-21-19-11-22(16)10-12/h2,5,10-11,13-15H,3-4,6-9H2,1H3,(H,20,25). The van der Waals surface area contributed by atoms with Crippen molar-refractivity contribution in [3.63, 3.8) is 0 Å². The Labute approximate surface area is 151 Å². The van der Waals surface area contributed by atoms with E-state index in [4.69, 9.17) is 4.74 Å². The lowest BCUT2D eigenvalue weighted by atomic mass is 9.96. The van der Waals surface area contributed by atoms with Crippen LogP contribution >= 0.6 is 0 Å². The van der Waals surface area contributed by atoms with E-state index in [0.29, 0.717) is 24.2 Å². The van der Waals surface area contributed by atoms with Crippen molar-refractivity contribution in [1.82, 2.24) is 24.8 Å². The van der Waals surface area contributed by atoms with E-state index in [1.165, 1.54) is 0 Å². The highest BCUT2D eigenvalue weighted by atomic mass is 16.5. The molecule has 0 aromatic carbocycles. The summed E-state index contributed by atoms with van der Waals surface area (Å²) in [5.41, 5.74) is 1.30. The number of rotatable bonds is 5. The van der Waals surface area contributed by atoms with Crippen LogP contribution in [-0.2, 0) is 9.53 Å². The molecule has 0 spiro atoms. The second-order valence-corrected chi connectivity index (χ2v) is 7.08. The Bertz CT molecular complexity index is 806. The first-order chi connectivity index (χ1) is 12.7. The zero-order chi connectivity index (χ0) is 18.1. The fourth-order valence-electron chi connectivity index (χ4n) is 4.25. The largest absolute Gasteiger partial charge is 0.384 e. The van der Waals surface area contributed by atoms with Crippen LogP contribution in [0.2, 0.25) is 0 Å². The van der Waals surface area contributed by atoms with E-state index in [9.17, 15) is 9.59 Å². The molecule has 2 aromatic heterocycles. The summed E-state index contributed by atoms with van der Waals surface area (Å²) >= 11 is 0. The van der Waals surface area contributed by atoms with Crippen LogP contribution in [-0.4, -0.2) is 63.2 Å². The molecule has 2 fully saturated rings.